The van der Waals surface area contributed by atoms with Crippen LogP contribution in [0.4, 0.5) is 5.69 Å². The van der Waals surface area contributed by atoms with Gasteiger partial charge in [0, 0.05) is 5.69 Å². The summed E-state index contributed by atoms with van der Waals surface area (Å²) in [5, 5.41) is 19.5. The molecular weight excluding hydrogens is 272 g/mol. The van der Waals surface area contributed by atoms with Crippen molar-refractivity contribution in [1.82, 2.24) is 14.8 Å². The maximum atomic E-state index is 10.7. The van der Waals surface area contributed by atoms with Gasteiger partial charge in [0.15, 0.2) is 0 Å². The fourth-order valence-electron chi connectivity index (χ4n) is 1.89. The molecule has 0 atom stereocenters. The van der Waals surface area contributed by atoms with E-state index in [1.54, 1.807) is 23.3 Å². The monoisotopic (exact) mass is 284 g/mol. The van der Waals surface area contributed by atoms with E-state index in [9.17, 15) is 4.79 Å². The third kappa shape index (κ3) is 2.92. The summed E-state index contributed by atoms with van der Waals surface area (Å²) in [4.78, 5) is 10.7. The van der Waals surface area contributed by atoms with Crippen LogP contribution >= 0.6 is 0 Å². The molecule has 7 heteroatoms. The maximum Gasteiger partial charge on any atom is 0.371 e. The predicted molar refractivity (Wildman–Crippen MR) is 74.4 cm³/mol. The van der Waals surface area contributed by atoms with Crippen LogP contribution in [0.3, 0.4) is 0 Å². The van der Waals surface area contributed by atoms with Crippen LogP contribution in [0.15, 0.2) is 53.5 Å². The molecule has 106 valence electrons. The number of carbonyl (C=O) groups is 1. The summed E-state index contributed by atoms with van der Waals surface area (Å²) in [5.74, 6) is -0.581. The summed E-state index contributed by atoms with van der Waals surface area (Å²) in [7, 11) is 0. The molecule has 0 saturated carbocycles. The number of furan rings is 1. The highest BCUT2D eigenvalue weighted by atomic mass is 16.4. The lowest BCUT2D eigenvalue weighted by molar-refractivity contribution is 0.0660. The van der Waals surface area contributed by atoms with E-state index < -0.39 is 5.97 Å². The minimum Gasteiger partial charge on any atom is -0.475 e. The van der Waals surface area contributed by atoms with Gasteiger partial charge in [-0.15, -0.1) is 10.2 Å². The predicted octanol–water partition coefficient (Wildman–Crippen LogP) is 2.17. The van der Waals surface area contributed by atoms with Crippen molar-refractivity contribution in [3.63, 3.8) is 0 Å². The first-order chi connectivity index (χ1) is 10.2. The van der Waals surface area contributed by atoms with Crippen LogP contribution in [0.5, 0.6) is 0 Å². The largest absolute Gasteiger partial charge is 0.475 e. The highest BCUT2D eigenvalue weighted by molar-refractivity contribution is 5.84. The zero-order chi connectivity index (χ0) is 14.7. The van der Waals surface area contributed by atoms with Crippen LogP contribution in [0.25, 0.3) is 5.69 Å². The summed E-state index contributed by atoms with van der Waals surface area (Å²) in [6.45, 7) is 0.402. The number of anilines is 1. The zero-order valence-electron chi connectivity index (χ0n) is 10.9. The molecule has 0 amide bonds. The first-order valence-electron chi connectivity index (χ1n) is 6.23. The fourth-order valence-corrected chi connectivity index (χ4v) is 1.89. The normalized spacial score (nSPS) is 10.5. The van der Waals surface area contributed by atoms with Crippen LogP contribution in [0, 0.1) is 0 Å². The highest BCUT2D eigenvalue weighted by Crippen LogP contribution is 2.16. The molecule has 0 bridgehead atoms. The minimum absolute atomic E-state index is 0.0648. The number of hydrogen-bond donors (Lipinski definition) is 2. The second kappa shape index (κ2) is 5.49. The van der Waals surface area contributed by atoms with Crippen molar-refractivity contribution >= 4 is 11.7 Å². The van der Waals surface area contributed by atoms with Gasteiger partial charge in [-0.1, -0.05) is 6.07 Å². The molecule has 0 radical (unpaired) electrons. The molecule has 1 aromatic carbocycles. The number of aromatic nitrogens is 3. The van der Waals surface area contributed by atoms with Crippen LogP contribution in [0.2, 0.25) is 0 Å². The van der Waals surface area contributed by atoms with Gasteiger partial charge in [-0.3, -0.25) is 4.57 Å². The van der Waals surface area contributed by atoms with E-state index >= 15 is 0 Å². The Kier molecular flexibility index (Phi) is 3.38. The fraction of sp³-hybridized carbons (Fsp3) is 0.0714. The summed E-state index contributed by atoms with van der Waals surface area (Å²) < 4.78 is 6.97. The van der Waals surface area contributed by atoms with Crippen molar-refractivity contribution in [1.29, 1.82) is 0 Å². The molecule has 2 heterocycles. The summed E-state index contributed by atoms with van der Waals surface area (Å²) >= 11 is 0. The van der Waals surface area contributed by atoms with Crippen LogP contribution in [-0.2, 0) is 6.54 Å². The molecule has 0 spiro atoms. The quantitative estimate of drug-likeness (QED) is 0.745. The molecule has 0 unspecified atom stereocenters. The molecule has 0 aliphatic heterocycles. The minimum atomic E-state index is -1.07. The van der Waals surface area contributed by atoms with Gasteiger partial charge in [-0.2, -0.15) is 0 Å². The number of nitrogens with one attached hydrogen (secondary N) is 1. The van der Waals surface area contributed by atoms with E-state index in [1.807, 2.05) is 24.3 Å². The van der Waals surface area contributed by atoms with Gasteiger partial charge in [0.05, 0.1) is 12.2 Å². The maximum absolute atomic E-state index is 10.7. The van der Waals surface area contributed by atoms with E-state index in [4.69, 9.17) is 9.52 Å². The molecule has 3 aromatic rings. The molecule has 7 nitrogen and oxygen atoms in total. The molecule has 21 heavy (non-hydrogen) atoms. The third-order valence-corrected chi connectivity index (χ3v) is 2.90. The molecular formula is C14H12N4O3. The molecule has 0 fully saturated rings. The van der Waals surface area contributed by atoms with Crippen molar-refractivity contribution in [3.05, 3.63) is 60.6 Å². The van der Waals surface area contributed by atoms with Crippen molar-refractivity contribution in [2.45, 2.75) is 6.54 Å². The van der Waals surface area contributed by atoms with Gasteiger partial charge < -0.3 is 14.8 Å². The van der Waals surface area contributed by atoms with E-state index in [0.29, 0.717) is 12.3 Å². The smallest absolute Gasteiger partial charge is 0.371 e. The Morgan fingerprint density at radius 3 is 2.76 bits per heavy atom. The van der Waals surface area contributed by atoms with Crippen LogP contribution < -0.4 is 5.32 Å². The van der Waals surface area contributed by atoms with Gasteiger partial charge in [-0.05, 0) is 30.3 Å². The van der Waals surface area contributed by atoms with Gasteiger partial charge in [0.25, 0.3) is 0 Å². The molecule has 3 rings (SSSR count). The van der Waals surface area contributed by atoms with Gasteiger partial charge in [0.1, 0.15) is 18.4 Å². The van der Waals surface area contributed by atoms with Gasteiger partial charge >= 0.3 is 5.97 Å². The Bertz CT molecular complexity index is 749. The van der Waals surface area contributed by atoms with E-state index in [2.05, 4.69) is 15.5 Å². The Balaban J connectivity index is 1.70. The second-order valence-corrected chi connectivity index (χ2v) is 4.34. The number of rotatable bonds is 5. The van der Waals surface area contributed by atoms with Crippen LogP contribution in [0.1, 0.15) is 16.3 Å². The standard InChI is InChI=1S/C14H12N4O3/c19-14(20)13-5-4-12(21-13)7-15-10-2-1-3-11(6-10)18-8-16-17-9-18/h1-6,8-9,15H,7H2,(H,19,20). The Morgan fingerprint density at radius 1 is 1.24 bits per heavy atom. The molecule has 0 saturated heterocycles. The van der Waals surface area contributed by atoms with Crippen molar-refractivity contribution in [2.75, 3.05) is 5.32 Å². The van der Waals surface area contributed by atoms with Crippen molar-refractivity contribution < 1.29 is 14.3 Å². The van der Waals surface area contributed by atoms with Crippen LogP contribution in [-0.4, -0.2) is 25.8 Å². The summed E-state index contributed by atoms with van der Waals surface area (Å²) in [5.41, 5.74) is 1.81. The first kappa shape index (κ1) is 12.9. The molecule has 0 aliphatic carbocycles. The number of carboxylic acids is 1. The second-order valence-electron chi connectivity index (χ2n) is 4.34. The van der Waals surface area contributed by atoms with Crippen molar-refractivity contribution in [3.8, 4) is 5.69 Å². The molecule has 0 aliphatic rings. The lowest BCUT2D eigenvalue weighted by Gasteiger charge is -2.07. The topological polar surface area (TPSA) is 93.2 Å². The van der Waals surface area contributed by atoms with Crippen molar-refractivity contribution in [2.24, 2.45) is 0 Å². The zero-order valence-corrected chi connectivity index (χ0v) is 10.9. The molecule has 2 N–H and O–H groups in total. The molecule has 2 aromatic heterocycles. The number of hydrogen-bond acceptors (Lipinski definition) is 5. The van der Waals surface area contributed by atoms with E-state index in [1.165, 1.54) is 6.07 Å². The average molecular weight is 284 g/mol. The summed E-state index contributed by atoms with van der Waals surface area (Å²) in [6.07, 6.45) is 3.23. The average Bonchev–Trinajstić information content (AvgIpc) is 3.17. The SMILES string of the molecule is O=C(O)c1ccc(CNc2cccc(-n3cnnc3)c2)o1. The number of nitrogens with zero attached hydrogens (tertiary/aromatic N) is 3. The highest BCUT2D eigenvalue weighted by Gasteiger charge is 2.08. The first-order valence-corrected chi connectivity index (χ1v) is 6.23. The number of aromatic carboxylic acids is 1. The number of carboxylic acid groups (broad SMARTS) is 1. The lowest BCUT2D eigenvalue weighted by atomic mass is 10.2. The Labute approximate surface area is 119 Å². The Morgan fingerprint density at radius 2 is 2.05 bits per heavy atom. The lowest BCUT2D eigenvalue weighted by Crippen LogP contribution is -2.00. The van der Waals surface area contributed by atoms with Gasteiger partial charge in [0.2, 0.25) is 5.76 Å². The van der Waals surface area contributed by atoms with E-state index in [0.717, 1.165) is 11.4 Å². The Hall–Kier alpha value is -3.09. The summed E-state index contributed by atoms with van der Waals surface area (Å²) in [6, 6.07) is 10.8. The van der Waals surface area contributed by atoms with E-state index in [-0.39, 0.29) is 5.76 Å². The third-order valence-electron chi connectivity index (χ3n) is 2.90. The van der Waals surface area contributed by atoms with Gasteiger partial charge in [-0.25, -0.2) is 4.79 Å². The number of benzene rings is 1.